The first-order valence-corrected chi connectivity index (χ1v) is 7.19. The SMILES string of the molecule is CCC(c1ccccc1)N1CCCC(C(C)O)C1. The fraction of sp³-hybridized carbons (Fsp3) is 0.625. The van der Waals surface area contributed by atoms with Crippen molar-refractivity contribution < 1.29 is 5.11 Å². The van der Waals surface area contributed by atoms with E-state index in [1.54, 1.807) is 0 Å². The fourth-order valence-electron chi connectivity index (χ4n) is 3.10. The van der Waals surface area contributed by atoms with Gasteiger partial charge in [0.15, 0.2) is 0 Å². The van der Waals surface area contributed by atoms with Gasteiger partial charge in [0, 0.05) is 12.6 Å². The molecule has 0 bridgehead atoms. The topological polar surface area (TPSA) is 23.5 Å². The minimum absolute atomic E-state index is 0.180. The predicted molar refractivity (Wildman–Crippen MR) is 75.5 cm³/mol. The van der Waals surface area contributed by atoms with Gasteiger partial charge in [-0.2, -0.15) is 0 Å². The number of likely N-dealkylation sites (tertiary alicyclic amines) is 1. The zero-order chi connectivity index (χ0) is 13.0. The highest BCUT2D eigenvalue weighted by Gasteiger charge is 2.27. The molecular formula is C16H25NO. The molecule has 2 heteroatoms. The highest BCUT2D eigenvalue weighted by Crippen LogP contribution is 2.30. The Kier molecular flexibility index (Phi) is 4.79. The Hall–Kier alpha value is -0.860. The summed E-state index contributed by atoms with van der Waals surface area (Å²) in [6.45, 7) is 6.38. The molecule has 0 spiro atoms. The summed E-state index contributed by atoms with van der Waals surface area (Å²) in [6.07, 6.45) is 3.33. The molecule has 0 aromatic heterocycles. The quantitative estimate of drug-likeness (QED) is 0.883. The van der Waals surface area contributed by atoms with Crippen molar-refractivity contribution in [2.24, 2.45) is 5.92 Å². The second kappa shape index (κ2) is 6.35. The van der Waals surface area contributed by atoms with Gasteiger partial charge in [-0.05, 0) is 44.2 Å². The number of aliphatic hydroxyl groups is 1. The Labute approximate surface area is 111 Å². The summed E-state index contributed by atoms with van der Waals surface area (Å²) in [5, 5.41) is 9.79. The van der Waals surface area contributed by atoms with E-state index in [1.165, 1.54) is 18.4 Å². The molecule has 1 aromatic carbocycles. The van der Waals surface area contributed by atoms with Crippen molar-refractivity contribution in [2.75, 3.05) is 13.1 Å². The molecule has 1 saturated heterocycles. The summed E-state index contributed by atoms with van der Waals surface area (Å²) >= 11 is 0. The van der Waals surface area contributed by atoms with Gasteiger partial charge in [0.1, 0.15) is 0 Å². The van der Waals surface area contributed by atoms with E-state index in [4.69, 9.17) is 0 Å². The second-order valence-corrected chi connectivity index (χ2v) is 5.47. The molecule has 1 aliphatic rings. The number of piperidine rings is 1. The first-order valence-electron chi connectivity index (χ1n) is 7.19. The molecule has 0 radical (unpaired) electrons. The molecule has 1 aliphatic heterocycles. The molecule has 18 heavy (non-hydrogen) atoms. The Morgan fingerprint density at radius 2 is 2.06 bits per heavy atom. The van der Waals surface area contributed by atoms with Crippen molar-refractivity contribution in [3.8, 4) is 0 Å². The van der Waals surface area contributed by atoms with Crippen molar-refractivity contribution in [1.82, 2.24) is 4.90 Å². The van der Waals surface area contributed by atoms with Crippen molar-refractivity contribution in [3.63, 3.8) is 0 Å². The molecule has 3 atom stereocenters. The monoisotopic (exact) mass is 247 g/mol. The summed E-state index contributed by atoms with van der Waals surface area (Å²) in [4.78, 5) is 2.55. The average Bonchev–Trinajstić information content (AvgIpc) is 2.41. The normalized spacial score (nSPS) is 24.7. The van der Waals surface area contributed by atoms with Gasteiger partial charge in [0.2, 0.25) is 0 Å². The van der Waals surface area contributed by atoms with Crippen LogP contribution in [-0.4, -0.2) is 29.2 Å². The van der Waals surface area contributed by atoms with E-state index >= 15 is 0 Å². The Bertz CT molecular complexity index is 349. The van der Waals surface area contributed by atoms with Crippen LogP contribution < -0.4 is 0 Å². The summed E-state index contributed by atoms with van der Waals surface area (Å²) in [6, 6.07) is 11.3. The van der Waals surface area contributed by atoms with Crippen LogP contribution in [0.15, 0.2) is 30.3 Å². The van der Waals surface area contributed by atoms with Gasteiger partial charge in [-0.15, -0.1) is 0 Å². The maximum absolute atomic E-state index is 9.79. The first kappa shape index (κ1) is 13.6. The molecule has 3 unspecified atom stereocenters. The third-order valence-corrected chi connectivity index (χ3v) is 4.18. The van der Waals surface area contributed by atoms with E-state index in [0.29, 0.717) is 12.0 Å². The zero-order valence-corrected chi connectivity index (χ0v) is 11.5. The maximum atomic E-state index is 9.79. The average molecular weight is 247 g/mol. The first-order chi connectivity index (χ1) is 8.72. The summed E-state index contributed by atoms with van der Waals surface area (Å²) in [5.41, 5.74) is 1.41. The number of aliphatic hydroxyl groups excluding tert-OH is 1. The molecule has 2 nitrogen and oxygen atoms in total. The largest absolute Gasteiger partial charge is 0.393 e. The number of nitrogens with zero attached hydrogens (tertiary/aromatic N) is 1. The molecule has 2 rings (SSSR count). The van der Waals surface area contributed by atoms with Crippen LogP contribution in [0.4, 0.5) is 0 Å². The van der Waals surface area contributed by atoms with Crippen molar-refractivity contribution in [3.05, 3.63) is 35.9 Å². The van der Waals surface area contributed by atoms with Crippen molar-refractivity contribution in [2.45, 2.75) is 45.3 Å². The summed E-state index contributed by atoms with van der Waals surface area (Å²) < 4.78 is 0. The fourth-order valence-corrected chi connectivity index (χ4v) is 3.10. The lowest BCUT2D eigenvalue weighted by atomic mass is 9.91. The van der Waals surface area contributed by atoms with Crippen LogP contribution in [0.2, 0.25) is 0 Å². The Morgan fingerprint density at radius 1 is 1.33 bits per heavy atom. The van der Waals surface area contributed by atoms with Gasteiger partial charge in [0.25, 0.3) is 0 Å². The van der Waals surface area contributed by atoms with E-state index < -0.39 is 0 Å². The lowest BCUT2D eigenvalue weighted by Gasteiger charge is -2.39. The second-order valence-electron chi connectivity index (χ2n) is 5.47. The molecule has 0 aliphatic carbocycles. The van der Waals surface area contributed by atoms with E-state index in [1.807, 2.05) is 6.92 Å². The number of rotatable bonds is 4. The number of hydrogen-bond acceptors (Lipinski definition) is 2. The van der Waals surface area contributed by atoms with Gasteiger partial charge in [-0.25, -0.2) is 0 Å². The Balaban J connectivity index is 2.08. The third-order valence-electron chi connectivity index (χ3n) is 4.18. The highest BCUT2D eigenvalue weighted by molar-refractivity contribution is 5.19. The predicted octanol–water partition coefficient (Wildman–Crippen LogP) is 3.23. The van der Waals surface area contributed by atoms with Crippen LogP contribution >= 0.6 is 0 Å². The van der Waals surface area contributed by atoms with Gasteiger partial charge in [-0.1, -0.05) is 37.3 Å². The molecular weight excluding hydrogens is 222 g/mol. The number of benzene rings is 1. The lowest BCUT2D eigenvalue weighted by Crippen LogP contribution is -2.41. The Morgan fingerprint density at radius 3 is 2.67 bits per heavy atom. The molecule has 1 N–H and O–H groups in total. The summed E-state index contributed by atoms with van der Waals surface area (Å²) in [7, 11) is 0. The van der Waals surface area contributed by atoms with Crippen LogP contribution in [0, 0.1) is 5.92 Å². The van der Waals surface area contributed by atoms with Gasteiger partial charge < -0.3 is 5.11 Å². The molecule has 0 amide bonds. The smallest absolute Gasteiger partial charge is 0.0552 e. The maximum Gasteiger partial charge on any atom is 0.0552 e. The molecule has 1 aromatic rings. The molecule has 1 fully saturated rings. The van der Waals surface area contributed by atoms with Gasteiger partial charge in [-0.3, -0.25) is 4.90 Å². The highest BCUT2D eigenvalue weighted by atomic mass is 16.3. The van der Waals surface area contributed by atoms with Gasteiger partial charge >= 0.3 is 0 Å². The molecule has 1 heterocycles. The van der Waals surface area contributed by atoms with E-state index in [9.17, 15) is 5.11 Å². The molecule has 100 valence electrons. The molecule has 0 saturated carbocycles. The lowest BCUT2D eigenvalue weighted by molar-refractivity contribution is 0.0425. The summed E-state index contributed by atoms with van der Waals surface area (Å²) in [5.74, 6) is 0.441. The zero-order valence-electron chi connectivity index (χ0n) is 11.5. The third kappa shape index (κ3) is 3.12. The van der Waals surface area contributed by atoms with E-state index in [0.717, 1.165) is 19.5 Å². The van der Waals surface area contributed by atoms with Crippen LogP contribution in [0.3, 0.4) is 0 Å². The van der Waals surface area contributed by atoms with Crippen molar-refractivity contribution in [1.29, 1.82) is 0 Å². The van der Waals surface area contributed by atoms with Crippen LogP contribution in [0.25, 0.3) is 0 Å². The van der Waals surface area contributed by atoms with Crippen LogP contribution in [0.1, 0.15) is 44.7 Å². The van der Waals surface area contributed by atoms with Gasteiger partial charge in [0.05, 0.1) is 6.10 Å². The standard InChI is InChI=1S/C16H25NO/c1-3-16(14-8-5-4-6-9-14)17-11-7-10-15(12-17)13(2)18/h4-6,8-9,13,15-16,18H,3,7,10-12H2,1-2H3. The van der Waals surface area contributed by atoms with Crippen LogP contribution in [0.5, 0.6) is 0 Å². The minimum atomic E-state index is -0.180. The van der Waals surface area contributed by atoms with E-state index in [-0.39, 0.29) is 6.10 Å². The van der Waals surface area contributed by atoms with Crippen molar-refractivity contribution >= 4 is 0 Å². The van der Waals surface area contributed by atoms with E-state index in [2.05, 4.69) is 42.2 Å². The number of hydrogen-bond donors (Lipinski definition) is 1. The minimum Gasteiger partial charge on any atom is -0.393 e. The van der Waals surface area contributed by atoms with Crippen LogP contribution in [-0.2, 0) is 0 Å².